The molecule has 8 nitrogen and oxygen atoms in total. The summed E-state index contributed by atoms with van der Waals surface area (Å²) < 4.78 is 45.4. The summed E-state index contributed by atoms with van der Waals surface area (Å²) in [6.45, 7) is 3.93. The van der Waals surface area contributed by atoms with Gasteiger partial charge in [0.1, 0.15) is 23.6 Å². The number of methoxy groups -OCH3 is 1. The van der Waals surface area contributed by atoms with Crippen LogP contribution in [0.2, 0.25) is 0 Å². The molecule has 5 rings (SSSR count). The quantitative estimate of drug-likeness (QED) is 0.512. The van der Waals surface area contributed by atoms with E-state index in [0.717, 1.165) is 43.8 Å². The highest BCUT2D eigenvalue weighted by Gasteiger charge is 2.31. The molecule has 1 unspecified atom stereocenters. The van der Waals surface area contributed by atoms with E-state index >= 15 is 0 Å². The predicted octanol–water partition coefficient (Wildman–Crippen LogP) is 5.01. The lowest BCUT2D eigenvalue weighted by Gasteiger charge is -2.31. The molecule has 36 heavy (non-hydrogen) atoms. The molecule has 3 aliphatic rings. The Morgan fingerprint density at radius 1 is 1.06 bits per heavy atom. The molecular formula is C25H28F3N7O. The fraction of sp³-hybridized carbons (Fsp3) is 0.360. The minimum absolute atomic E-state index is 0.0116. The lowest BCUT2D eigenvalue weighted by molar-refractivity contribution is -0.137. The predicted molar refractivity (Wildman–Crippen MR) is 133 cm³/mol. The average Bonchev–Trinajstić information content (AvgIpc) is 3.31. The van der Waals surface area contributed by atoms with E-state index in [9.17, 15) is 13.2 Å². The van der Waals surface area contributed by atoms with Crippen LogP contribution in [0.3, 0.4) is 0 Å². The number of benzene rings is 1. The molecule has 11 heteroatoms. The van der Waals surface area contributed by atoms with E-state index in [1.165, 1.54) is 13.2 Å². The van der Waals surface area contributed by atoms with E-state index in [-0.39, 0.29) is 23.6 Å². The van der Waals surface area contributed by atoms with E-state index < -0.39 is 11.7 Å². The number of piperidine rings is 1. The molecule has 2 aromatic rings. The van der Waals surface area contributed by atoms with E-state index in [1.807, 2.05) is 41.7 Å². The molecule has 1 fully saturated rings. The zero-order valence-electron chi connectivity index (χ0n) is 20.0. The number of halogens is 3. The first-order chi connectivity index (χ1) is 17.3. The average molecular weight is 500 g/mol. The van der Waals surface area contributed by atoms with Crippen LogP contribution in [0.15, 0.2) is 60.7 Å². The summed E-state index contributed by atoms with van der Waals surface area (Å²) in [5, 5.41) is 9.52. The Hall–Kier alpha value is -3.89. The molecule has 0 saturated carbocycles. The van der Waals surface area contributed by atoms with Gasteiger partial charge in [0, 0.05) is 55.2 Å². The highest BCUT2D eigenvalue weighted by atomic mass is 19.4. The van der Waals surface area contributed by atoms with Crippen molar-refractivity contribution in [2.75, 3.05) is 35.7 Å². The molecule has 1 saturated heterocycles. The van der Waals surface area contributed by atoms with Crippen molar-refractivity contribution in [1.29, 1.82) is 0 Å². The molecule has 0 spiro atoms. The largest absolute Gasteiger partial charge is 0.497 e. The Morgan fingerprint density at radius 2 is 1.86 bits per heavy atom. The van der Waals surface area contributed by atoms with Gasteiger partial charge in [-0.25, -0.2) is 0 Å². The number of hydrogen-bond donors (Lipinski definition) is 3. The van der Waals surface area contributed by atoms with Gasteiger partial charge in [-0.2, -0.15) is 23.1 Å². The maximum absolute atomic E-state index is 13.4. The summed E-state index contributed by atoms with van der Waals surface area (Å²) in [5.74, 6) is 2.17. The topological polar surface area (TPSA) is 77.6 Å². The molecule has 3 N–H and O–H groups in total. The Bertz CT molecular complexity index is 1200. The maximum Gasteiger partial charge on any atom is 0.416 e. The molecule has 0 bridgehead atoms. The number of nitrogens with one attached hydrogen (secondary N) is 3. The fourth-order valence-electron chi connectivity index (χ4n) is 4.34. The van der Waals surface area contributed by atoms with E-state index in [0.29, 0.717) is 17.6 Å². The first-order valence-corrected chi connectivity index (χ1v) is 11.8. The third kappa shape index (κ3) is 5.34. The lowest BCUT2D eigenvalue weighted by Crippen LogP contribution is -2.33. The number of allylic oxidation sites excluding steroid dienone is 1. The molecular weight excluding hydrogens is 471 g/mol. The van der Waals surface area contributed by atoms with Gasteiger partial charge in [0.05, 0.1) is 12.7 Å². The molecule has 0 radical (unpaired) electrons. The van der Waals surface area contributed by atoms with Crippen molar-refractivity contribution in [2.45, 2.75) is 32.1 Å². The number of rotatable bonds is 6. The lowest BCUT2D eigenvalue weighted by atomic mass is 9.99. The van der Waals surface area contributed by atoms with Crippen LogP contribution in [-0.2, 0) is 6.18 Å². The minimum atomic E-state index is -4.51. The van der Waals surface area contributed by atoms with Crippen LogP contribution in [0.5, 0.6) is 5.75 Å². The van der Waals surface area contributed by atoms with Crippen LogP contribution in [0, 0.1) is 5.92 Å². The van der Waals surface area contributed by atoms with Crippen LogP contribution in [0.25, 0.3) is 0 Å². The van der Waals surface area contributed by atoms with Crippen molar-refractivity contribution in [1.82, 2.24) is 20.2 Å². The molecule has 0 amide bonds. The van der Waals surface area contributed by atoms with Gasteiger partial charge in [0.15, 0.2) is 0 Å². The number of hydrogen-bond acceptors (Lipinski definition) is 8. The second-order valence-corrected chi connectivity index (χ2v) is 9.11. The zero-order valence-corrected chi connectivity index (χ0v) is 20.0. The van der Waals surface area contributed by atoms with Crippen LogP contribution >= 0.6 is 0 Å². The molecule has 4 heterocycles. The van der Waals surface area contributed by atoms with Crippen molar-refractivity contribution in [3.8, 4) is 5.75 Å². The Labute approximate surface area is 207 Å². The normalized spacial score (nSPS) is 19.6. The highest BCUT2D eigenvalue weighted by Crippen LogP contribution is 2.35. The van der Waals surface area contributed by atoms with Crippen molar-refractivity contribution >= 4 is 23.3 Å². The third-order valence-corrected chi connectivity index (χ3v) is 6.42. The summed E-state index contributed by atoms with van der Waals surface area (Å²) in [6.07, 6.45) is 7.32. The van der Waals surface area contributed by atoms with Crippen LogP contribution in [0.4, 0.5) is 36.4 Å². The first-order valence-electron chi connectivity index (χ1n) is 11.8. The van der Waals surface area contributed by atoms with Gasteiger partial charge in [-0.3, -0.25) is 0 Å². The molecule has 1 atom stereocenters. The SMILES string of the molecule is COc1cc(Nc2nc(NC3=CC4NC=CN4C=C3)cc(N3CCC(C)CC3)n2)cc(C(F)(F)F)c1. The summed E-state index contributed by atoms with van der Waals surface area (Å²) in [6, 6.07) is 5.34. The molecule has 1 aromatic heterocycles. The molecule has 0 aliphatic carbocycles. The second kappa shape index (κ2) is 9.63. The monoisotopic (exact) mass is 499 g/mol. The smallest absolute Gasteiger partial charge is 0.416 e. The third-order valence-electron chi connectivity index (χ3n) is 6.42. The fourth-order valence-corrected chi connectivity index (χ4v) is 4.34. The minimum Gasteiger partial charge on any atom is -0.497 e. The first kappa shape index (κ1) is 23.8. The summed E-state index contributed by atoms with van der Waals surface area (Å²) in [4.78, 5) is 13.4. The Kier molecular flexibility index (Phi) is 6.38. The summed E-state index contributed by atoms with van der Waals surface area (Å²) >= 11 is 0. The Morgan fingerprint density at radius 3 is 2.61 bits per heavy atom. The van der Waals surface area contributed by atoms with Crippen LogP contribution < -0.4 is 25.6 Å². The number of aromatic nitrogens is 2. The van der Waals surface area contributed by atoms with E-state index in [1.54, 1.807) is 0 Å². The van der Waals surface area contributed by atoms with Crippen molar-refractivity contribution in [2.24, 2.45) is 5.92 Å². The number of fused-ring (bicyclic) bond motifs is 1. The van der Waals surface area contributed by atoms with E-state index in [4.69, 9.17) is 4.74 Å². The number of nitrogens with zero attached hydrogens (tertiary/aromatic N) is 4. The number of ether oxygens (including phenoxy) is 1. The van der Waals surface area contributed by atoms with E-state index in [2.05, 4.69) is 37.7 Å². The zero-order chi connectivity index (χ0) is 25.3. The summed E-state index contributed by atoms with van der Waals surface area (Å²) in [5.41, 5.74) is 0.213. The molecule has 3 aliphatic heterocycles. The van der Waals surface area contributed by atoms with Gasteiger partial charge in [-0.15, -0.1) is 0 Å². The standard InChI is InChI=1S/C25H28F3N7O/c1-16-3-7-34(8-4-16)23-15-21(30-18-5-9-35-10-6-29-22(35)14-18)32-24(33-23)31-19-11-17(25(26,27)28)12-20(13-19)36-2/h5-6,9-16,22,29H,3-4,7-8H2,1-2H3,(H2,30,31,32,33). The van der Waals surface area contributed by atoms with Gasteiger partial charge in [0.25, 0.3) is 0 Å². The maximum atomic E-state index is 13.4. The summed E-state index contributed by atoms with van der Waals surface area (Å²) in [7, 11) is 1.33. The van der Waals surface area contributed by atoms with Crippen molar-refractivity contribution in [3.05, 3.63) is 66.3 Å². The van der Waals surface area contributed by atoms with Gasteiger partial charge >= 0.3 is 6.18 Å². The van der Waals surface area contributed by atoms with Gasteiger partial charge < -0.3 is 30.5 Å². The van der Waals surface area contributed by atoms with Crippen LogP contribution in [-0.4, -0.2) is 41.2 Å². The van der Waals surface area contributed by atoms with Crippen LogP contribution in [0.1, 0.15) is 25.3 Å². The van der Waals surface area contributed by atoms with Crippen molar-refractivity contribution in [3.63, 3.8) is 0 Å². The number of anilines is 4. The van der Waals surface area contributed by atoms with Gasteiger partial charge in [-0.05, 0) is 43.0 Å². The Balaban J connectivity index is 1.45. The highest BCUT2D eigenvalue weighted by molar-refractivity contribution is 5.63. The van der Waals surface area contributed by atoms with Gasteiger partial charge in [0.2, 0.25) is 5.95 Å². The second-order valence-electron chi connectivity index (χ2n) is 9.11. The van der Waals surface area contributed by atoms with Crippen molar-refractivity contribution < 1.29 is 17.9 Å². The molecule has 190 valence electrons. The van der Waals surface area contributed by atoms with Gasteiger partial charge in [-0.1, -0.05) is 6.92 Å². The number of alkyl halides is 3. The molecule has 1 aromatic carbocycles.